The smallest absolute Gasteiger partial charge is 0.316 e. The number of esters is 1. The van der Waals surface area contributed by atoms with E-state index in [1.807, 2.05) is 6.92 Å². The summed E-state index contributed by atoms with van der Waals surface area (Å²) in [5, 5.41) is 0. The molecule has 0 bridgehead atoms. The van der Waals surface area contributed by atoms with Crippen LogP contribution >= 0.6 is 0 Å². The second kappa shape index (κ2) is 7.62. The summed E-state index contributed by atoms with van der Waals surface area (Å²) in [6.45, 7) is 1.95. The molecule has 0 aliphatic rings. The lowest BCUT2D eigenvalue weighted by molar-refractivity contribution is -0.143. The summed E-state index contributed by atoms with van der Waals surface area (Å²) in [5.41, 5.74) is -0.193. The van der Waals surface area contributed by atoms with Crippen LogP contribution in [0.1, 0.15) is 36.5 Å². The number of ketones is 1. The molecule has 0 aliphatic carbocycles. The van der Waals surface area contributed by atoms with Crippen molar-refractivity contribution in [2.45, 2.75) is 26.2 Å². The van der Waals surface area contributed by atoms with E-state index in [4.69, 9.17) is 4.74 Å². The molecule has 0 amide bonds. The highest BCUT2D eigenvalue weighted by atomic mass is 19.1. The van der Waals surface area contributed by atoms with Crippen molar-refractivity contribution < 1.29 is 23.5 Å². The van der Waals surface area contributed by atoms with Crippen LogP contribution in [0.15, 0.2) is 18.2 Å². The monoisotopic (exact) mass is 282 g/mol. The van der Waals surface area contributed by atoms with E-state index in [9.17, 15) is 14.0 Å². The van der Waals surface area contributed by atoms with Crippen LogP contribution in [0, 0.1) is 11.7 Å². The van der Waals surface area contributed by atoms with Crippen LogP contribution in [-0.2, 0) is 9.53 Å². The highest BCUT2D eigenvalue weighted by Crippen LogP contribution is 2.26. The van der Waals surface area contributed by atoms with Gasteiger partial charge in [0.2, 0.25) is 0 Å². The third kappa shape index (κ3) is 3.56. The van der Waals surface area contributed by atoms with Crippen molar-refractivity contribution in [3.63, 3.8) is 0 Å². The number of rotatable bonds is 7. The molecule has 0 aromatic heterocycles. The minimum atomic E-state index is -0.995. The van der Waals surface area contributed by atoms with Crippen LogP contribution < -0.4 is 4.74 Å². The number of Topliss-reactive ketones (excluding diaryl/α,β-unsaturated/α-hetero) is 1. The van der Waals surface area contributed by atoms with Gasteiger partial charge in [-0.1, -0.05) is 25.8 Å². The average molecular weight is 282 g/mol. The van der Waals surface area contributed by atoms with Gasteiger partial charge in [-0.15, -0.1) is 0 Å². The summed E-state index contributed by atoms with van der Waals surface area (Å²) in [5.74, 6) is -2.81. The Morgan fingerprint density at radius 2 is 2.00 bits per heavy atom. The van der Waals surface area contributed by atoms with Gasteiger partial charge in [0, 0.05) is 0 Å². The van der Waals surface area contributed by atoms with Gasteiger partial charge in [-0.3, -0.25) is 9.59 Å². The predicted octanol–water partition coefficient (Wildman–Crippen LogP) is 3.00. The third-order valence-electron chi connectivity index (χ3n) is 3.09. The molecule has 0 fully saturated rings. The first-order valence-electron chi connectivity index (χ1n) is 6.51. The number of carbonyl (C=O) groups excluding carboxylic acids is 2. The lowest BCUT2D eigenvalue weighted by atomic mass is 9.92. The zero-order valence-electron chi connectivity index (χ0n) is 11.9. The molecule has 1 aromatic rings. The Morgan fingerprint density at radius 1 is 1.30 bits per heavy atom. The number of carbonyl (C=O) groups is 2. The van der Waals surface area contributed by atoms with Gasteiger partial charge in [-0.25, -0.2) is 4.39 Å². The van der Waals surface area contributed by atoms with Gasteiger partial charge in [0.25, 0.3) is 0 Å². The summed E-state index contributed by atoms with van der Waals surface area (Å²) in [7, 11) is 2.57. The molecular weight excluding hydrogens is 263 g/mol. The Labute approximate surface area is 117 Å². The first kappa shape index (κ1) is 16.1. The molecular formula is C15H19FO4. The van der Waals surface area contributed by atoms with Crippen molar-refractivity contribution in [2.75, 3.05) is 14.2 Å². The minimum Gasteiger partial charge on any atom is -0.496 e. The second-order valence-corrected chi connectivity index (χ2v) is 4.40. The van der Waals surface area contributed by atoms with Crippen molar-refractivity contribution >= 4 is 11.8 Å². The Hall–Kier alpha value is -1.91. The van der Waals surface area contributed by atoms with Gasteiger partial charge in [-0.05, 0) is 18.6 Å². The van der Waals surface area contributed by atoms with E-state index in [1.54, 1.807) is 0 Å². The van der Waals surface area contributed by atoms with Crippen molar-refractivity contribution in [3.8, 4) is 5.75 Å². The van der Waals surface area contributed by atoms with E-state index in [-0.39, 0.29) is 11.3 Å². The van der Waals surface area contributed by atoms with Crippen molar-refractivity contribution in [1.29, 1.82) is 0 Å². The van der Waals surface area contributed by atoms with E-state index in [0.29, 0.717) is 12.8 Å². The number of unbranched alkanes of at least 4 members (excludes halogenated alkanes) is 1. The number of methoxy groups -OCH3 is 2. The van der Waals surface area contributed by atoms with Crippen LogP contribution in [0.2, 0.25) is 0 Å². The predicted molar refractivity (Wildman–Crippen MR) is 72.3 cm³/mol. The Bertz CT molecular complexity index is 485. The molecule has 0 heterocycles. The van der Waals surface area contributed by atoms with Gasteiger partial charge in [0.1, 0.15) is 17.5 Å². The molecule has 0 saturated heterocycles. The molecule has 1 unspecified atom stereocenters. The van der Waals surface area contributed by atoms with E-state index in [0.717, 1.165) is 6.42 Å². The van der Waals surface area contributed by atoms with Crippen molar-refractivity contribution in [3.05, 3.63) is 29.6 Å². The normalized spacial score (nSPS) is 11.8. The van der Waals surface area contributed by atoms with Crippen LogP contribution in [-0.4, -0.2) is 26.0 Å². The summed E-state index contributed by atoms with van der Waals surface area (Å²) >= 11 is 0. The van der Waals surface area contributed by atoms with E-state index >= 15 is 0 Å². The van der Waals surface area contributed by atoms with Crippen LogP contribution in [0.3, 0.4) is 0 Å². The Kier molecular flexibility index (Phi) is 6.15. The van der Waals surface area contributed by atoms with Gasteiger partial charge in [-0.2, -0.15) is 0 Å². The first-order chi connectivity index (χ1) is 9.56. The summed E-state index contributed by atoms with van der Waals surface area (Å²) in [6, 6.07) is 4.11. The largest absolute Gasteiger partial charge is 0.496 e. The minimum absolute atomic E-state index is 0.125. The summed E-state index contributed by atoms with van der Waals surface area (Å²) < 4.78 is 23.5. The highest BCUT2D eigenvalue weighted by molar-refractivity contribution is 6.10. The van der Waals surface area contributed by atoms with E-state index in [2.05, 4.69) is 4.74 Å². The Morgan fingerprint density at radius 3 is 2.55 bits per heavy atom. The van der Waals surface area contributed by atoms with Crippen LogP contribution in [0.4, 0.5) is 4.39 Å². The lowest BCUT2D eigenvalue weighted by Gasteiger charge is -2.15. The third-order valence-corrected chi connectivity index (χ3v) is 3.09. The SMILES string of the molecule is CCCCC(C(=O)OC)C(=O)c1c(F)cccc1OC. The zero-order valence-corrected chi connectivity index (χ0v) is 11.9. The fourth-order valence-corrected chi connectivity index (χ4v) is 1.99. The fourth-order valence-electron chi connectivity index (χ4n) is 1.99. The van der Waals surface area contributed by atoms with E-state index in [1.165, 1.54) is 32.4 Å². The summed E-state index contributed by atoms with van der Waals surface area (Å²) in [6.07, 6.45) is 1.84. The van der Waals surface area contributed by atoms with Crippen molar-refractivity contribution in [1.82, 2.24) is 0 Å². The molecule has 20 heavy (non-hydrogen) atoms. The molecule has 0 radical (unpaired) electrons. The molecule has 1 aromatic carbocycles. The second-order valence-electron chi connectivity index (χ2n) is 4.40. The standard InChI is InChI=1S/C15H19FO4/c1-4-5-7-10(15(18)20-3)14(17)13-11(16)8-6-9-12(13)19-2/h6,8-10H,4-5,7H2,1-3H3. The van der Waals surface area contributed by atoms with E-state index < -0.39 is 23.5 Å². The van der Waals surface area contributed by atoms with Gasteiger partial charge in [0.15, 0.2) is 5.78 Å². The van der Waals surface area contributed by atoms with Gasteiger partial charge < -0.3 is 9.47 Å². The number of halogens is 1. The highest BCUT2D eigenvalue weighted by Gasteiger charge is 2.31. The molecule has 4 nitrogen and oxygen atoms in total. The maximum absolute atomic E-state index is 13.9. The number of benzene rings is 1. The lowest BCUT2D eigenvalue weighted by Crippen LogP contribution is -2.26. The first-order valence-corrected chi connectivity index (χ1v) is 6.51. The molecule has 0 saturated carbocycles. The van der Waals surface area contributed by atoms with Gasteiger partial charge >= 0.3 is 5.97 Å². The maximum Gasteiger partial charge on any atom is 0.316 e. The van der Waals surface area contributed by atoms with Crippen LogP contribution in [0.5, 0.6) is 5.75 Å². The van der Waals surface area contributed by atoms with Gasteiger partial charge in [0.05, 0.1) is 19.8 Å². The molecule has 1 rings (SSSR count). The van der Waals surface area contributed by atoms with Crippen LogP contribution in [0.25, 0.3) is 0 Å². The average Bonchev–Trinajstić information content (AvgIpc) is 2.46. The molecule has 0 spiro atoms. The topological polar surface area (TPSA) is 52.6 Å². The Balaban J connectivity index is 3.14. The van der Waals surface area contributed by atoms with Crippen molar-refractivity contribution in [2.24, 2.45) is 5.92 Å². The molecule has 110 valence electrons. The molecule has 5 heteroatoms. The summed E-state index contributed by atoms with van der Waals surface area (Å²) in [4.78, 5) is 24.2. The molecule has 1 atom stereocenters. The molecule has 0 N–H and O–H groups in total. The number of hydrogen-bond donors (Lipinski definition) is 0. The quantitative estimate of drug-likeness (QED) is 0.438. The zero-order chi connectivity index (χ0) is 15.1. The number of ether oxygens (including phenoxy) is 2. The fraction of sp³-hybridized carbons (Fsp3) is 0.467. The maximum atomic E-state index is 13.9. The number of hydrogen-bond acceptors (Lipinski definition) is 4. The molecule has 0 aliphatic heterocycles.